The SMILES string of the molecule is O=C(NC1CCCCC1)C(=O)[C@@H]1CCCN1C(=O)[C@H](Cc1ccccc1)Nc1ccc2ccccc2n1. The molecule has 1 aliphatic carbocycles. The van der Waals surface area contributed by atoms with Crippen LogP contribution in [0.2, 0.25) is 0 Å². The lowest BCUT2D eigenvalue weighted by Gasteiger charge is -2.29. The van der Waals surface area contributed by atoms with E-state index in [2.05, 4.69) is 10.6 Å². The third kappa shape index (κ3) is 5.98. The number of aromatic nitrogens is 1. The molecule has 2 heterocycles. The number of fused-ring (bicyclic) bond motifs is 1. The first-order chi connectivity index (χ1) is 18.1. The van der Waals surface area contributed by atoms with Gasteiger partial charge in [0.05, 0.1) is 5.52 Å². The van der Waals surface area contributed by atoms with Crippen molar-refractivity contribution in [3.63, 3.8) is 0 Å². The number of nitrogens with one attached hydrogen (secondary N) is 2. The van der Waals surface area contributed by atoms with Gasteiger partial charge in [-0.25, -0.2) is 4.98 Å². The van der Waals surface area contributed by atoms with E-state index in [1.54, 1.807) is 4.90 Å². The summed E-state index contributed by atoms with van der Waals surface area (Å²) in [6.45, 7) is 0.462. The number of amides is 2. The molecule has 3 aromatic rings. The molecule has 0 bridgehead atoms. The Labute approximate surface area is 217 Å². The Kier molecular flexibility index (Phi) is 7.78. The smallest absolute Gasteiger partial charge is 0.289 e. The number of benzene rings is 2. The predicted molar refractivity (Wildman–Crippen MR) is 144 cm³/mol. The van der Waals surface area contributed by atoms with Crippen LogP contribution in [0, 0.1) is 0 Å². The number of carbonyl (C=O) groups is 3. The van der Waals surface area contributed by atoms with Crippen molar-refractivity contribution in [1.82, 2.24) is 15.2 Å². The van der Waals surface area contributed by atoms with Gasteiger partial charge in [-0.2, -0.15) is 0 Å². The number of ketones is 1. The van der Waals surface area contributed by atoms with Crippen LogP contribution in [-0.2, 0) is 20.8 Å². The molecular weight excluding hydrogens is 464 g/mol. The standard InChI is InChI=1S/C30H34N4O3/c35-28(29(36)31-23-13-5-2-6-14-23)26-16-9-19-34(26)30(37)25(20-21-10-3-1-4-11-21)33-27-18-17-22-12-7-8-15-24(22)32-27/h1,3-4,7-8,10-12,15,17-18,23,25-26H,2,5-6,9,13-14,16,19-20H2,(H,31,36)(H,32,33)/t25-,26-/m0/s1. The highest BCUT2D eigenvalue weighted by atomic mass is 16.2. The summed E-state index contributed by atoms with van der Waals surface area (Å²) in [6.07, 6.45) is 6.79. The van der Waals surface area contributed by atoms with Crippen LogP contribution in [0.5, 0.6) is 0 Å². The van der Waals surface area contributed by atoms with Crippen LogP contribution in [0.3, 0.4) is 0 Å². The molecule has 2 fully saturated rings. The Morgan fingerprint density at radius 1 is 0.865 bits per heavy atom. The zero-order valence-corrected chi connectivity index (χ0v) is 21.1. The Bertz CT molecular complexity index is 1260. The van der Waals surface area contributed by atoms with Gasteiger partial charge in [0.25, 0.3) is 5.91 Å². The number of Topliss-reactive ketones (excluding diaryl/α,β-unsaturated/α-hetero) is 1. The number of hydrogen-bond donors (Lipinski definition) is 2. The number of likely N-dealkylation sites (tertiary alicyclic amines) is 1. The number of pyridine rings is 1. The molecule has 0 radical (unpaired) electrons. The molecule has 1 aliphatic heterocycles. The van der Waals surface area contributed by atoms with Gasteiger partial charge in [0.15, 0.2) is 0 Å². The Morgan fingerprint density at radius 2 is 1.62 bits per heavy atom. The summed E-state index contributed by atoms with van der Waals surface area (Å²) in [5.41, 5.74) is 1.85. The van der Waals surface area contributed by atoms with Crippen LogP contribution >= 0.6 is 0 Å². The summed E-state index contributed by atoms with van der Waals surface area (Å²) < 4.78 is 0. The van der Waals surface area contributed by atoms with E-state index in [9.17, 15) is 14.4 Å². The van der Waals surface area contributed by atoms with E-state index < -0.39 is 23.8 Å². The molecular formula is C30H34N4O3. The van der Waals surface area contributed by atoms with Crippen molar-refractivity contribution in [1.29, 1.82) is 0 Å². The van der Waals surface area contributed by atoms with Gasteiger partial charge in [-0.3, -0.25) is 14.4 Å². The Balaban J connectivity index is 1.34. The van der Waals surface area contributed by atoms with Crippen LogP contribution < -0.4 is 10.6 Å². The predicted octanol–water partition coefficient (Wildman–Crippen LogP) is 4.27. The maximum atomic E-state index is 13.9. The first kappa shape index (κ1) is 24.9. The molecule has 2 aliphatic rings. The highest BCUT2D eigenvalue weighted by Crippen LogP contribution is 2.23. The van der Waals surface area contributed by atoms with Gasteiger partial charge >= 0.3 is 0 Å². The lowest BCUT2D eigenvalue weighted by molar-refractivity contribution is -0.144. The molecule has 7 nitrogen and oxygen atoms in total. The summed E-state index contributed by atoms with van der Waals surface area (Å²) in [6, 6.07) is 20.2. The first-order valence-corrected chi connectivity index (χ1v) is 13.4. The first-order valence-electron chi connectivity index (χ1n) is 13.4. The number of carbonyl (C=O) groups excluding carboxylic acids is 3. The summed E-state index contributed by atoms with van der Waals surface area (Å²) in [5, 5.41) is 7.29. The second kappa shape index (κ2) is 11.5. The van der Waals surface area contributed by atoms with Crippen molar-refractivity contribution < 1.29 is 14.4 Å². The van der Waals surface area contributed by atoms with Crippen molar-refractivity contribution in [2.75, 3.05) is 11.9 Å². The van der Waals surface area contributed by atoms with Crippen molar-refractivity contribution in [3.8, 4) is 0 Å². The molecule has 7 heteroatoms. The molecule has 1 aromatic heterocycles. The quantitative estimate of drug-likeness (QED) is 0.453. The van der Waals surface area contributed by atoms with Crippen LogP contribution in [0.4, 0.5) is 5.82 Å². The van der Waals surface area contributed by atoms with E-state index >= 15 is 0 Å². The number of anilines is 1. The number of nitrogens with zero attached hydrogens (tertiary/aromatic N) is 2. The van der Waals surface area contributed by atoms with E-state index in [4.69, 9.17) is 4.98 Å². The van der Waals surface area contributed by atoms with E-state index in [1.165, 1.54) is 6.42 Å². The van der Waals surface area contributed by atoms with E-state index in [-0.39, 0.29) is 11.9 Å². The van der Waals surface area contributed by atoms with Gasteiger partial charge < -0.3 is 15.5 Å². The second-order valence-corrected chi connectivity index (χ2v) is 10.1. The third-order valence-corrected chi connectivity index (χ3v) is 7.50. The largest absolute Gasteiger partial charge is 0.358 e. The molecule has 1 saturated heterocycles. The molecule has 2 atom stereocenters. The van der Waals surface area contributed by atoms with Gasteiger partial charge in [0.1, 0.15) is 17.9 Å². The third-order valence-electron chi connectivity index (χ3n) is 7.50. The number of para-hydroxylation sites is 1. The summed E-state index contributed by atoms with van der Waals surface area (Å²) in [5.74, 6) is -0.635. The molecule has 2 aromatic carbocycles. The van der Waals surface area contributed by atoms with E-state index in [0.717, 1.165) is 42.1 Å². The maximum absolute atomic E-state index is 13.9. The molecule has 0 unspecified atom stereocenters. The molecule has 2 amide bonds. The minimum atomic E-state index is -0.722. The van der Waals surface area contributed by atoms with Gasteiger partial charge in [-0.15, -0.1) is 0 Å². The van der Waals surface area contributed by atoms with Gasteiger partial charge in [0.2, 0.25) is 11.7 Å². The summed E-state index contributed by atoms with van der Waals surface area (Å²) >= 11 is 0. The number of rotatable bonds is 8. The van der Waals surface area contributed by atoms with Crippen molar-refractivity contribution >= 4 is 34.3 Å². The topological polar surface area (TPSA) is 91.4 Å². The van der Waals surface area contributed by atoms with Gasteiger partial charge in [0, 0.05) is 24.4 Å². The van der Waals surface area contributed by atoms with Crippen LogP contribution in [0.15, 0.2) is 66.7 Å². The van der Waals surface area contributed by atoms with E-state index in [0.29, 0.717) is 31.6 Å². The fourth-order valence-electron chi connectivity index (χ4n) is 5.53. The second-order valence-electron chi connectivity index (χ2n) is 10.1. The average molecular weight is 499 g/mol. The molecule has 37 heavy (non-hydrogen) atoms. The number of hydrogen-bond acceptors (Lipinski definition) is 5. The highest BCUT2D eigenvalue weighted by molar-refractivity contribution is 6.38. The zero-order chi connectivity index (χ0) is 25.6. The molecule has 5 rings (SSSR count). The lowest BCUT2D eigenvalue weighted by atomic mass is 9.95. The molecule has 2 N–H and O–H groups in total. The molecule has 192 valence electrons. The fourth-order valence-corrected chi connectivity index (χ4v) is 5.53. The van der Waals surface area contributed by atoms with Crippen LogP contribution in [-0.4, -0.2) is 52.2 Å². The maximum Gasteiger partial charge on any atom is 0.289 e. The van der Waals surface area contributed by atoms with Crippen molar-refractivity contribution in [2.45, 2.75) is 69.5 Å². The summed E-state index contributed by atoms with van der Waals surface area (Å²) in [4.78, 5) is 46.2. The van der Waals surface area contributed by atoms with Gasteiger partial charge in [-0.05, 0) is 49.4 Å². The molecule has 0 spiro atoms. The van der Waals surface area contributed by atoms with Crippen LogP contribution in [0.1, 0.15) is 50.5 Å². The van der Waals surface area contributed by atoms with E-state index in [1.807, 2.05) is 66.7 Å². The Morgan fingerprint density at radius 3 is 2.43 bits per heavy atom. The fraction of sp³-hybridized carbons (Fsp3) is 0.400. The minimum absolute atomic E-state index is 0.0576. The lowest BCUT2D eigenvalue weighted by Crippen LogP contribution is -2.52. The van der Waals surface area contributed by atoms with Gasteiger partial charge in [-0.1, -0.05) is 67.8 Å². The average Bonchev–Trinajstić information content (AvgIpc) is 3.43. The highest BCUT2D eigenvalue weighted by Gasteiger charge is 2.40. The Hall–Kier alpha value is -3.74. The normalized spacial score (nSPS) is 18.9. The monoisotopic (exact) mass is 498 g/mol. The molecule has 1 saturated carbocycles. The van der Waals surface area contributed by atoms with Crippen LogP contribution in [0.25, 0.3) is 10.9 Å². The van der Waals surface area contributed by atoms with Crippen molar-refractivity contribution in [3.05, 3.63) is 72.3 Å². The minimum Gasteiger partial charge on any atom is -0.358 e. The zero-order valence-electron chi connectivity index (χ0n) is 21.1. The summed E-state index contributed by atoms with van der Waals surface area (Å²) in [7, 11) is 0. The van der Waals surface area contributed by atoms with Crippen molar-refractivity contribution in [2.24, 2.45) is 0 Å².